The smallest absolute Gasteiger partial charge is 0.355 e. The van der Waals surface area contributed by atoms with Gasteiger partial charge >= 0.3 is 6.18 Å². The van der Waals surface area contributed by atoms with Gasteiger partial charge in [-0.15, -0.1) is 0 Å². The van der Waals surface area contributed by atoms with E-state index in [0.717, 1.165) is 24.3 Å². The maximum Gasteiger partial charge on any atom is 0.416 e. The van der Waals surface area contributed by atoms with E-state index in [2.05, 4.69) is 10.6 Å². The van der Waals surface area contributed by atoms with Gasteiger partial charge in [0.25, 0.3) is 0 Å². The predicted octanol–water partition coefficient (Wildman–Crippen LogP) is 3.92. The first-order chi connectivity index (χ1) is 13.2. The number of nitrogens with one attached hydrogen (secondary N) is 2. The van der Waals surface area contributed by atoms with E-state index in [-0.39, 0.29) is 24.5 Å². The summed E-state index contributed by atoms with van der Waals surface area (Å²) in [5.74, 6) is -1.39. The average Bonchev–Trinajstić information content (AvgIpc) is 3.45. The van der Waals surface area contributed by atoms with Crippen LogP contribution >= 0.6 is 0 Å². The first kappa shape index (κ1) is 19.9. The van der Waals surface area contributed by atoms with E-state index >= 15 is 0 Å². The lowest BCUT2D eigenvalue weighted by Crippen LogP contribution is -2.40. The van der Waals surface area contributed by atoms with Crippen molar-refractivity contribution in [3.63, 3.8) is 0 Å². The van der Waals surface area contributed by atoms with E-state index in [9.17, 15) is 27.2 Å². The van der Waals surface area contributed by atoms with Crippen LogP contribution in [-0.2, 0) is 22.2 Å². The lowest BCUT2D eigenvalue weighted by atomic mass is 10.0. The van der Waals surface area contributed by atoms with E-state index < -0.39 is 29.0 Å². The molecule has 0 heterocycles. The number of alkyl halides is 3. The lowest BCUT2D eigenvalue weighted by molar-refractivity contribution is -0.137. The molecule has 1 fully saturated rings. The van der Waals surface area contributed by atoms with Gasteiger partial charge in [-0.25, -0.2) is 4.39 Å². The third-order valence-electron chi connectivity index (χ3n) is 4.73. The van der Waals surface area contributed by atoms with E-state index in [1.165, 1.54) is 6.07 Å². The minimum atomic E-state index is -4.46. The van der Waals surface area contributed by atoms with Gasteiger partial charge in [0.05, 0.1) is 5.56 Å². The first-order valence-electron chi connectivity index (χ1n) is 8.73. The summed E-state index contributed by atoms with van der Waals surface area (Å²) in [6, 6.07) is 10.2. The fourth-order valence-electron chi connectivity index (χ4n) is 2.86. The van der Waals surface area contributed by atoms with Crippen LogP contribution in [0.1, 0.15) is 24.0 Å². The molecule has 148 valence electrons. The number of rotatable bonds is 6. The van der Waals surface area contributed by atoms with Crippen LogP contribution in [0.2, 0.25) is 0 Å². The molecule has 2 aromatic carbocycles. The van der Waals surface area contributed by atoms with Crippen LogP contribution in [0.25, 0.3) is 0 Å². The van der Waals surface area contributed by atoms with Gasteiger partial charge < -0.3 is 10.6 Å². The normalized spacial score (nSPS) is 15.0. The Kier molecular flexibility index (Phi) is 5.40. The van der Waals surface area contributed by atoms with Crippen molar-refractivity contribution < 1.29 is 27.2 Å². The van der Waals surface area contributed by atoms with E-state index in [1.54, 1.807) is 18.2 Å². The summed E-state index contributed by atoms with van der Waals surface area (Å²) in [6.45, 7) is 0.176. The molecule has 28 heavy (non-hydrogen) atoms. The SMILES string of the molecule is O=C(NCCc1ccccc1F)C1(C(=O)Nc2ccc(C(F)(F)F)cc2)CC1. The molecular formula is C20H18F4N2O2. The molecule has 0 saturated heterocycles. The number of hydrogen-bond donors (Lipinski definition) is 2. The zero-order valence-electron chi connectivity index (χ0n) is 14.8. The van der Waals surface area contributed by atoms with Crippen molar-refractivity contribution in [3.8, 4) is 0 Å². The second kappa shape index (κ2) is 7.61. The standard InChI is InChI=1S/C20H18F4N2O2/c21-16-4-2-1-3-13(16)9-12-25-17(27)19(10-11-19)18(28)26-15-7-5-14(6-8-15)20(22,23)24/h1-8H,9-12H2,(H,25,27)(H,26,28). The van der Waals surface area contributed by atoms with Gasteiger partial charge in [0, 0.05) is 12.2 Å². The van der Waals surface area contributed by atoms with E-state index in [4.69, 9.17) is 0 Å². The quantitative estimate of drug-likeness (QED) is 0.576. The molecule has 0 aliphatic heterocycles. The molecule has 2 aromatic rings. The zero-order chi connectivity index (χ0) is 20.4. The molecule has 4 nitrogen and oxygen atoms in total. The fourth-order valence-corrected chi connectivity index (χ4v) is 2.86. The maximum absolute atomic E-state index is 13.6. The third kappa shape index (κ3) is 4.32. The topological polar surface area (TPSA) is 58.2 Å². The predicted molar refractivity (Wildman–Crippen MR) is 94.9 cm³/mol. The molecule has 8 heteroatoms. The fraction of sp³-hybridized carbons (Fsp3) is 0.300. The highest BCUT2D eigenvalue weighted by molar-refractivity contribution is 6.13. The van der Waals surface area contributed by atoms with Crippen LogP contribution in [0.5, 0.6) is 0 Å². The number of hydrogen-bond acceptors (Lipinski definition) is 2. The largest absolute Gasteiger partial charge is 0.416 e. The summed E-state index contributed by atoms with van der Waals surface area (Å²) < 4.78 is 51.4. The van der Waals surface area contributed by atoms with E-state index in [0.29, 0.717) is 18.4 Å². The van der Waals surface area contributed by atoms with Crippen molar-refractivity contribution >= 4 is 17.5 Å². The summed E-state index contributed by atoms with van der Waals surface area (Å²) in [4.78, 5) is 24.9. The summed E-state index contributed by atoms with van der Waals surface area (Å²) >= 11 is 0. The molecule has 0 spiro atoms. The monoisotopic (exact) mass is 394 g/mol. The van der Waals surface area contributed by atoms with Crippen molar-refractivity contribution in [2.45, 2.75) is 25.4 Å². The Morgan fingerprint density at radius 1 is 0.964 bits per heavy atom. The van der Waals surface area contributed by atoms with Crippen LogP contribution in [0.3, 0.4) is 0 Å². The van der Waals surface area contributed by atoms with Crippen LogP contribution < -0.4 is 10.6 Å². The molecule has 3 rings (SSSR count). The Hall–Kier alpha value is -2.90. The molecule has 0 bridgehead atoms. The molecule has 1 aliphatic rings. The second-order valence-corrected chi connectivity index (χ2v) is 6.71. The lowest BCUT2D eigenvalue weighted by Gasteiger charge is -2.16. The second-order valence-electron chi connectivity index (χ2n) is 6.71. The molecule has 0 aromatic heterocycles. The van der Waals surface area contributed by atoms with Crippen molar-refractivity contribution in [1.82, 2.24) is 5.32 Å². The summed E-state index contributed by atoms with van der Waals surface area (Å²) in [5, 5.41) is 5.14. The van der Waals surface area contributed by atoms with Crippen molar-refractivity contribution in [3.05, 3.63) is 65.5 Å². The van der Waals surface area contributed by atoms with Crippen LogP contribution in [0.4, 0.5) is 23.2 Å². The van der Waals surface area contributed by atoms with Crippen LogP contribution in [0.15, 0.2) is 48.5 Å². The van der Waals surface area contributed by atoms with Gasteiger partial charge in [0.2, 0.25) is 11.8 Å². The van der Waals surface area contributed by atoms with E-state index in [1.807, 2.05) is 0 Å². The van der Waals surface area contributed by atoms with Crippen molar-refractivity contribution in [2.24, 2.45) is 5.41 Å². The Bertz CT molecular complexity index is 875. The number of amides is 2. The minimum absolute atomic E-state index is 0.176. The van der Waals surface area contributed by atoms with Gasteiger partial charge in [-0.05, 0) is 55.2 Å². The highest BCUT2D eigenvalue weighted by Crippen LogP contribution is 2.47. The minimum Gasteiger partial charge on any atom is -0.355 e. The molecular weight excluding hydrogens is 376 g/mol. The molecule has 1 aliphatic carbocycles. The molecule has 2 amide bonds. The van der Waals surface area contributed by atoms with Gasteiger partial charge in [0.15, 0.2) is 0 Å². The number of carbonyl (C=O) groups is 2. The first-order valence-corrected chi connectivity index (χ1v) is 8.73. The Morgan fingerprint density at radius 3 is 2.18 bits per heavy atom. The Balaban J connectivity index is 1.56. The molecule has 0 unspecified atom stereocenters. The maximum atomic E-state index is 13.6. The molecule has 0 atom stereocenters. The average molecular weight is 394 g/mol. The van der Waals surface area contributed by atoms with Gasteiger partial charge in [0.1, 0.15) is 11.2 Å². The number of anilines is 1. The van der Waals surface area contributed by atoms with Crippen LogP contribution in [0, 0.1) is 11.2 Å². The van der Waals surface area contributed by atoms with Gasteiger partial charge in [-0.2, -0.15) is 13.2 Å². The molecule has 2 N–H and O–H groups in total. The summed E-state index contributed by atoms with van der Waals surface area (Å²) in [7, 11) is 0. The van der Waals surface area contributed by atoms with Crippen LogP contribution in [-0.4, -0.2) is 18.4 Å². The van der Waals surface area contributed by atoms with Crippen molar-refractivity contribution in [1.29, 1.82) is 0 Å². The molecule has 1 saturated carbocycles. The summed E-state index contributed by atoms with van der Waals surface area (Å²) in [5.41, 5.74) is -1.40. The number of carbonyl (C=O) groups excluding carboxylic acids is 2. The highest BCUT2D eigenvalue weighted by Gasteiger charge is 2.56. The Labute approximate surface area is 158 Å². The zero-order valence-corrected chi connectivity index (χ0v) is 14.8. The highest BCUT2D eigenvalue weighted by atomic mass is 19.4. The van der Waals surface area contributed by atoms with Crippen molar-refractivity contribution in [2.75, 3.05) is 11.9 Å². The Morgan fingerprint density at radius 2 is 1.61 bits per heavy atom. The summed E-state index contributed by atoms with van der Waals surface area (Å²) in [6.07, 6.45) is -3.47. The number of benzene rings is 2. The van der Waals surface area contributed by atoms with Gasteiger partial charge in [-0.3, -0.25) is 9.59 Å². The number of halogens is 4. The van der Waals surface area contributed by atoms with Gasteiger partial charge in [-0.1, -0.05) is 18.2 Å². The third-order valence-corrected chi connectivity index (χ3v) is 4.73. The molecule has 0 radical (unpaired) electrons.